The van der Waals surface area contributed by atoms with Crippen molar-refractivity contribution >= 4 is 5.82 Å². The molecule has 0 saturated heterocycles. The molecule has 1 aliphatic heterocycles. The molecule has 0 N–H and O–H groups in total. The van der Waals surface area contributed by atoms with Gasteiger partial charge in [0.1, 0.15) is 11.6 Å². The van der Waals surface area contributed by atoms with Gasteiger partial charge in [-0.2, -0.15) is 0 Å². The first-order valence-electron chi connectivity index (χ1n) is 8.82. The van der Waals surface area contributed by atoms with E-state index in [9.17, 15) is 0 Å². The Morgan fingerprint density at radius 3 is 2.73 bits per heavy atom. The molecule has 2 aromatic heterocycles. The van der Waals surface area contributed by atoms with E-state index in [1.54, 1.807) is 13.3 Å². The van der Waals surface area contributed by atoms with Gasteiger partial charge in [0.15, 0.2) is 5.82 Å². The largest absolute Gasteiger partial charge is 0.496 e. The van der Waals surface area contributed by atoms with Gasteiger partial charge in [0.25, 0.3) is 0 Å². The van der Waals surface area contributed by atoms with Crippen LogP contribution in [-0.4, -0.2) is 28.6 Å². The number of benzene rings is 1. The van der Waals surface area contributed by atoms with E-state index in [1.807, 2.05) is 31.3 Å². The zero-order valence-corrected chi connectivity index (χ0v) is 15.4. The molecule has 0 radical (unpaired) electrons. The molecular formula is C21H22N4O. The molecule has 26 heavy (non-hydrogen) atoms. The molecule has 5 nitrogen and oxygen atoms in total. The minimum atomic E-state index is 0.729. The fourth-order valence-corrected chi connectivity index (χ4v) is 3.49. The maximum atomic E-state index is 5.52. The third-order valence-corrected chi connectivity index (χ3v) is 5.03. The summed E-state index contributed by atoms with van der Waals surface area (Å²) < 4.78 is 5.52. The van der Waals surface area contributed by atoms with Crippen molar-refractivity contribution in [3.05, 3.63) is 65.1 Å². The lowest BCUT2D eigenvalue weighted by molar-refractivity contribution is 0.407. The molecule has 4 rings (SSSR count). The number of hydrogen-bond donors (Lipinski definition) is 0. The van der Waals surface area contributed by atoms with E-state index >= 15 is 0 Å². The van der Waals surface area contributed by atoms with Gasteiger partial charge in [-0.05, 0) is 44.0 Å². The zero-order valence-electron chi connectivity index (χ0n) is 15.4. The molecule has 0 spiro atoms. The van der Waals surface area contributed by atoms with Crippen molar-refractivity contribution in [3.8, 4) is 17.1 Å². The van der Waals surface area contributed by atoms with Crippen LogP contribution in [0.15, 0.2) is 42.7 Å². The molecule has 5 heteroatoms. The van der Waals surface area contributed by atoms with Crippen molar-refractivity contribution in [1.82, 2.24) is 15.0 Å². The van der Waals surface area contributed by atoms with Crippen molar-refractivity contribution in [2.24, 2.45) is 0 Å². The molecule has 132 valence electrons. The molecule has 0 fully saturated rings. The highest BCUT2D eigenvalue weighted by Crippen LogP contribution is 2.32. The quantitative estimate of drug-likeness (QED) is 0.723. The van der Waals surface area contributed by atoms with E-state index in [0.717, 1.165) is 53.7 Å². The van der Waals surface area contributed by atoms with Crippen molar-refractivity contribution in [2.75, 3.05) is 18.6 Å². The number of fused-ring (bicyclic) bond motifs is 1. The third kappa shape index (κ3) is 2.90. The highest BCUT2D eigenvalue weighted by Gasteiger charge is 2.23. The maximum absolute atomic E-state index is 5.52. The van der Waals surface area contributed by atoms with Gasteiger partial charge >= 0.3 is 0 Å². The highest BCUT2D eigenvalue weighted by molar-refractivity contribution is 5.60. The van der Waals surface area contributed by atoms with Gasteiger partial charge in [-0.15, -0.1) is 0 Å². The molecule has 3 aromatic rings. The number of aromatic nitrogens is 3. The lowest BCUT2D eigenvalue weighted by atomic mass is 9.98. The Kier molecular flexibility index (Phi) is 4.29. The summed E-state index contributed by atoms with van der Waals surface area (Å²) >= 11 is 0. The lowest BCUT2D eigenvalue weighted by Gasteiger charge is -2.32. The molecule has 0 bridgehead atoms. The van der Waals surface area contributed by atoms with Gasteiger partial charge in [0, 0.05) is 47.9 Å². The summed E-state index contributed by atoms with van der Waals surface area (Å²) in [5, 5.41) is 0. The molecule has 0 saturated carbocycles. The Balaban J connectivity index is 1.73. The van der Waals surface area contributed by atoms with E-state index in [1.165, 1.54) is 11.1 Å². The SMILES string of the molecule is COc1cccc2c1CCN(c1nc(-c3cccnc3)nc(C)c1C)C2. The van der Waals surface area contributed by atoms with Crippen LogP contribution in [0.3, 0.4) is 0 Å². The Morgan fingerprint density at radius 2 is 1.96 bits per heavy atom. The minimum Gasteiger partial charge on any atom is -0.496 e. The van der Waals surface area contributed by atoms with E-state index in [2.05, 4.69) is 33.9 Å². The molecule has 0 atom stereocenters. The van der Waals surface area contributed by atoms with Crippen molar-refractivity contribution in [1.29, 1.82) is 0 Å². The summed E-state index contributed by atoms with van der Waals surface area (Å²) in [4.78, 5) is 16.1. The minimum absolute atomic E-state index is 0.729. The second kappa shape index (κ2) is 6.75. The normalized spacial score (nSPS) is 13.4. The standard InChI is InChI=1S/C21H22N4O/c1-14-15(2)23-20(16-7-5-10-22-12-16)24-21(14)25-11-9-18-17(13-25)6-4-8-19(18)26-3/h4-8,10,12H,9,11,13H2,1-3H3. The van der Waals surface area contributed by atoms with E-state index in [4.69, 9.17) is 9.72 Å². The lowest BCUT2D eigenvalue weighted by Crippen LogP contribution is -2.32. The van der Waals surface area contributed by atoms with Gasteiger partial charge in [0.05, 0.1) is 7.11 Å². The van der Waals surface area contributed by atoms with Crippen LogP contribution in [0.5, 0.6) is 5.75 Å². The van der Waals surface area contributed by atoms with Gasteiger partial charge in [-0.1, -0.05) is 12.1 Å². The van der Waals surface area contributed by atoms with Crippen LogP contribution in [-0.2, 0) is 13.0 Å². The van der Waals surface area contributed by atoms with Crippen molar-refractivity contribution in [2.45, 2.75) is 26.8 Å². The Morgan fingerprint density at radius 1 is 1.08 bits per heavy atom. The van der Waals surface area contributed by atoms with Crippen LogP contribution in [0.1, 0.15) is 22.4 Å². The van der Waals surface area contributed by atoms with Crippen LogP contribution in [0.25, 0.3) is 11.4 Å². The van der Waals surface area contributed by atoms with E-state index in [0.29, 0.717) is 0 Å². The number of hydrogen-bond acceptors (Lipinski definition) is 5. The molecule has 0 amide bonds. The van der Waals surface area contributed by atoms with Crippen LogP contribution in [0, 0.1) is 13.8 Å². The zero-order chi connectivity index (χ0) is 18.1. The monoisotopic (exact) mass is 346 g/mol. The topological polar surface area (TPSA) is 51.1 Å². The van der Waals surface area contributed by atoms with Crippen LogP contribution < -0.4 is 9.64 Å². The average Bonchev–Trinajstić information content (AvgIpc) is 2.69. The van der Waals surface area contributed by atoms with E-state index in [-0.39, 0.29) is 0 Å². The summed E-state index contributed by atoms with van der Waals surface area (Å²) in [6, 6.07) is 10.2. The number of methoxy groups -OCH3 is 1. The summed E-state index contributed by atoms with van der Waals surface area (Å²) in [6.45, 7) is 5.88. The first-order valence-corrected chi connectivity index (χ1v) is 8.82. The van der Waals surface area contributed by atoms with Crippen molar-refractivity contribution < 1.29 is 4.74 Å². The maximum Gasteiger partial charge on any atom is 0.163 e. The Labute approximate surface area is 153 Å². The molecule has 0 unspecified atom stereocenters. The van der Waals surface area contributed by atoms with Gasteiger partial charge in [-0.25, -0.2) is 9.97 Å². The molecule has 1 aromatic carbocycles. The average molecular weight is 346 g/mol. The number of anilines is 1. The number of pyridine rings is 1. The smallest absolute Gasteiger partial charge is 0.163 e. The number of aryl methyl sites for hydroxylation is 1. The van der Waals surface area contributed by atoms with E-state index < -0.39 is 0 Å². The number of ether oxygens (including phenoxy) is 1. The Hall–Kier alpha value is -2.95. The molecule has 0 aliphatic carbocycles. The molecule has 3 heterocycles. The predicted molar refractivity (Wildman–Crippen MR) is 102 cm³/mol. The second-order valence-electron chi connectivity index (χ2n) is 6.59. The third-order valence-electron chi connectivity index (χ3n) is 5.03. The molecule has 1 aliphatic rings. The predicted octanol–water partition coefficient (Wildman–Crippen LogP) is 3.73. The van der Waals surface area contributed by atoms with Crippen molar-refractivity contribution in [3.63, 3.8) is 0 Å². The second-order valence-corrected chi connectivity index (χ2v) is 6.59. The van der Waals surface area contributed by atoms with Gasteiger partial charge in [0.2, 0.25) is 0 Å². The first-order chi connectivity index (χ1) is 12.7. The highest BCUT2D eigenvalue weighted by atomic mass is 16.5. The Bertz CT molecular complexity index is 940. The fourth-order valence-electron chi connectivity index (χ4n) is 3.49. The molecular weight excluding hydrogens is 324 g/mol. The van der Waals surface area contributed by atoms with Crippen LogP contribution >= 0.6 is 0 Å². The summed E-state index contributed by atoms with van der Waals surface area (Å²) in [7, 11) is 1.74. The summed E-state index contributed by atoms with van der Waals surface area (Å²) in [6.07, 6.45) is 4.52. The van der Waals surface area contributed by atoms with Gasteiger partial charge < -0.3 is 9.64 Å². The fraction of sp³-hybridized carbons (Fsp3) is 0.286. The summed E-state index contributed by atoms with van der Waals surface area (Å²) in [5.74, 6) is 2.71. The first kappa shape index (κ1) is 16.5. The van der Waals surface area contributed by atoms with Gasteiger partial charge in [-0.3, -0.25) is 4.98 Å². The van der Waals surface area contributed by atoms with Crippen LogP contribution in [0.2, 0.25) is 0 Å². The number of rotatable bonds is 3. The summed E-state index contributed by atoms with van der Waals surface area (Å²) in [5.41, 5.74) is 5.68. The van der Waals surface area contributed by atoms with Crippen LogP contribution in [0.4, 0.5) is 5.82 Å². The number of nitrogens with zero attached hydrogens (tertiary/aromatic N) is 4.